The van der Waals surface area contributed by atoms with Gasteiger partial charge in [0.2, 0.25) is 5.13 Å². The highest BCUT2D eigenvalue weighted by atomic mass is 32.2. The van der Waals surface area contributed by atoms with Gasteiger partial charge in [0.25, 0.3) is 10.0 Å². The molecule has 1 aromatic heterocycles. The number of rotatable bonds is 6. The number of hydrogen-bond donors (Lipinski definition) is 1. The molecular weight excluding hydrogens is 385 g/mol. The predicted molar refractivity (Wildman–Crippen MR) is 95.4 cm³/mol. The Labute approximate surface area is 152 Å². The third-order valence-electron chi connectivity index (χ3n) is 2.99. The number of halogens is 1. The third-order valence-corrected chi connectivity index (χ3v) is 6.28. The Morgan fingerprint density at radius 2 is 1.64 bits per heavy atom. The lowest BCUT2D eigenvalue weighted by atomic mass is 10.3. The lowest BCUT2D eigenvalue weighted by Crippen LogP contribution is -2.12. The van der Waals surface area contributed by atoms with Gasteiger partial charge in [0, 0.05) is 0 Å². The number of hydrogen-bond acceptors (Lipinski definition) is 7. The van der Waals surface area contributed by atoms with Crippen LogP contribution < -0.4 is 9.46 Å². The maximum atomic E-state index is 12.9. The van der Waals surface area contributed by atoms with Crippen LogP contribution in [-0.4, -0.2) is 24.9 Å². The highest BCUT2D eigenvalue weighted by molar-refractivity contribution is 8.00. The zero-order valence-electron chi connectivity index (χ0n) is 12.8. The molecule has 0 aliphatic heterocycles. The second-order valence-electron chi connectivity index (χ2n) is 4.71. The van der Waals surface area contributed by atoms with Crippen LogP contribution in [0.15, 0.2) is 57.8 Å². The first-order chi connectivity index (χ1) is 12.0. The number of nitrogens with zero attached hydrogens (tertiary/aromatic N) is 2. The SMILES string of the molecule is CSc1nnc(NS(=O)(=O)c2ccc(Oc3ccc(F)cc3)cc2)s1. The molecule has 1 heterocycles. The molecule has 0 fully saturated rings. The first kappa shape index (κ1) is 17.6. The van der Waals surface area contributed by atoms with Crippen molar-refractivity contribution in [1.82, 2.24) is 10.2 Å². The van der Waals surface area contributed by atoms with E-state index in [1.165, 1.54) is 60.3 Å². The molecule has 0 aliphatic rings. The Bertz CT molecular complexity index is 958. The number of anilines is 1. The quantitative estimate of drug-likeness (QED) is 0.634. The summed E-state index contributed by atoms with van der Waals surface area (Å²) in [5, 5.41) is 7.82. The van der Waals surface area contributed by atoms with Crippen molar-refractivity contribution in [3.05, 3.63) is 54.3 Å². The maximum Gasteiger partial charge on any atom is 0.263 e. The highest BCUT2D eigenvalue weighted by Crippen LogP contribution is 2.27. The molecule has 0 aliphatic carbocycles. The second-order valence-corrected chi connectivity index (χ2v) is 8.42. The van der Waals surface area contributed by atoms with Gasteiger partial charge in [0.15, 0.2) is 4.34 Å². The summed E-state index contributed by atoms with van der Waals surface area (Å²) in [6.07, 6.45) is 1.83. The van der Waals surface area contributed by atoms with Gasteiger partial charge in [0.05, 0.1) is 4.90 Å². The van der Waals surface area contributed by atoms with Gasteiger partial charge in [-0.05, 0) is 54.8 Å². The monoisotopic (exact) mass is 397 g/mol. The summed E-state index contributed by atoms with van der Waals surface area (Å²) in [5.41, 5.74) is 0. The van der Waals surface area contributed by atoms with Gasteiger partial charge in [-0.25, -0.2) is 12.8 Å². The summed E-state index contributed by atoms with van der Waals surface area (Å²) in [4.78, 5) is 0.0693. The van der Waals surface area contributed by atoms with Crippen LogP contribution in [0.4, 0.5) is 9.52 Å². The van der Waals surface area contributed by atoms with Crippen molar-refractivity contribution in [1.29, 1.82) is 0 Å². The fraction of sp³-hybridized carbons (Fsp3) is 0.0667. The van der Waals surface area contributed by atoms with Crippen molar-refractivity contribution in [3.8, 4) is 11.5 Å². The Morgan fingerprint density at radius 3 is 2.20 bits per heavy atom. The summed E-state index contributed by atoms with van der Waals surface area (Å²) in [6, 6.07) is 11.4. The molecule has 3 rings (SSSR count). The van der Waals surface area contributed by atoms with E-state index in [0.717, 1.165) is 11.3 Å². The number of thioether (sulfide) groups is 1. The van der Waals surface area contributed by atoms with E-state index < -0.39 is 10.0 Å². The van der Waals surface area contributed by atoms with Crippen LogP contribution in [0.3, 0.4) is 0 Å². The van der Waals surface area contributed by atoms with Crippen molar-refractivity contribution in [2.24, 2.45) is 0 Å². The molecule has 0 radical (unpaired) electrons. The van der Waals surface area contributed by atoms with E-state index >= 15 is 0 Å². The topological polar surface area (TPSA) is 81.2 Å². The fourth-order valence-electron chi connectivity index (χ4n) is 1.83. The van der Waals surface area contributed by atoms with E-state index in [2.05, 4.69) is 14.9 Å². The van der Waals surface area contributed by atoms with Gasteiger partial charge in [0.1, 0.15) is 17.3 Å². The molecule has 0 bridgehead atoms. The van der Waals surface area contributed by atoms with Gasteiger partial charge in [-0.15, -0.1) is 10.2 Å². The number of aromatic nitrogens is 2. The predicted octanol–water partition coefficient (Wildman–Crippen LogP) is 3.99. The zero-order chi connectivity index (χ0) is 17.9. The average Bonchev–Trinajstić information content (AvgIpc) is 3.04. The summed E-state index contributed by atoms with van der Waals surface area (Å²) in [7, 11) is -3.76. The number of benzene rings is 2. The number of sulfonamides is 1. The molecule has 25 heavy (non-hydrogen) atoms. The summed E-state index contributed by atoms with van der Waals surface area (Å²) in [6.45, 7) is 0. The standard InChI is InChI=1S/C15H12FN3O3S3/c1-23-15-18-17-14(24-15)19-25(20,21)13-8-6-12(7-9-13)22-11-4-2-10(16)3-5-11/h2-9H,1H3,(H,17,19). The van der Waals surface area contributed by atoms with Crippen molar-refractivity contribution in [2.45, 2.75) is 9.24 Å². The Kier molecular flexibility index (Phi) is 5.21. The van der Waals surface area contributed by atoms with Crippen LogP contribution in [0.5, 0.6) is 11.5 Å². The van der Waals surface area contributed by atoms with Crippen molar-refractivity contribution in [3.63, 3.8) is 0 Å². The van der Waals surface area contributed by atoms with Gasteiger partial charge < -0.3 is 4.74 Å². The highest BCUT2D eigenvalue weighted by Gasteiger charge is 2.17. The minimum absolute atomic E-state index is 0.0693. The largest absolute Gasteiger partial charge is 0.457 e. The molecule has 0 unspecified atom stereocenters. The van der Waals surface area contributed by atoms with Crippen LogP contribution in [-0.2, 0) is 10.0 Å². The molecule has 0 amide bonds. The first-order valence-corrected chi connectivity index (χ1v) is 10.4. The van der Waals surface area contributed by atoms with Gasteiger partial charge in [-0.3, -0.25) is 4.72 Å². The average molecular weight is 397 g/mol. The van der Waals surface area contributed by atoms with Gasteiger partial charge in [-0.1, -0.05) is 23.1 Å². The minimum Gasteiger partial charge on any atom is -0.457 e. The van der Waals surface area contributed by atoms with E-state index in [4.69, 9.17) is 4.74 Å². The maximum absolute atomic E-state index is 12.9. The van der Waals surface area contributed by atoms with E-state index in [1.54, 1.807) is 0 Å². The van der Waals surface area contributed by atoms with E-state index in [1.807, 2.05) is 6.26 Å². The van der Waals surface area contributed by atoms with Crippen molar-refractivity contribution in [2.75, 3.05) is 11.0 Å². The van der Waals surface area contributed by atoms with Gasteiger partial charge in [-0.2, -0.15) is 0 Å². The minimum atomic E-state index is -3.76. The van der Waals surface area contributed by atoms with Crippen LogP contribution in [0.1, 0.15) is 0 Å². The number of ether oxygens (including phenoxy) is 1. The Balaban J connectivity index is 1.73. The van der Waals surface area contributed by atoms with Crippen LogP contribution in [0.2, 0.25) is 0 Å². The van der Waals surface area contributed by atoms with E-state index in [0.29, 0.717) is 15.8 Å². The molecule has 0 saturated carbocycles. The Morgan fingerprint density at radius 1 is 1.04 bits per heavy atom. The first-order valence-electron chi connectivity index (χ1n) is 6.90. The molecular formula is C15H12FN3O3S3. The Hall–Kier alpha value is -2.17. The molecule has 0 spiro atoms. The van der Waals surface area contributed by atoms with Crippen LogP contribution in [0.25, 0.3) is 0 Å². The second kappa shape index (κ2) is 7.38. The molecule has 6 nitrogen and oxygen atoms in total. The molecule has 130 valence electrons. The molecule has 3 aromatic rings. The smallest absolute Gasteiger partial charge is 0.263 e. The van der Waals surface area contributed by atoms with Crippen LogP contribution >= 0.6 is 23.1 Å². The number of nitrogens with one attached hydrogen (secondary N) is 1. The summed E-state index contributed by atoms with van der Waals surface area (Å²) >= 11 is 2.54. The molecule has 10 heteroatoms. The zero-order valence-corrected chi connectivity index (χ0v) is 15.3. The molecule has 1 N–H and O–H groups in total. The van der Waals surface area contributed by atoms with Crippen molar-refractivity contribution < 1.29 is 17.5 Å². The lowest BCUT2D eigenvalue weighted by molar-refractivity contribution is 0.480. The van der Waals surface area contributed by atoms with E-state index in [9.17, 15) is 12.8 Å². The third kappa shape index (κ3) is 4.47. The fourth-order valence-corrected chi connectivity index (χ4v) is 4.23. The molecule has 2 aromatic carbocycles. The van der Waals surface area contributed by atoms with E-state index in [-0.39, 0.29) is 15.8 Å². The summed E-state index contributed by atoms with van der Waals surface area (Å²) < 4.78 is 46.1. The lowest BCUT2D eigenvalue weighted by Gasteiger charge is -2.08. The van der Waals surface area contributed by atoms with Gasteiger partial charge >= 0.3 is 0 Å². The van der Waals surface area contributed by atoms with Crippen LogP contribution in [0, 0.1) is 5.82 Å². The molecule has 0 saturated heterocycles. The van der Waals surface area contributed by atoms with Crippen molar-refractivity contribution >= 4 is 38.3 Å². The summed E-state index contributed by atoms with van der Waals surface area (Å²) in [5.74, 6) is 0.529. The molecule has 0 atom stereocenters. The normalized spacial score (nSPS) is 11.3.